The van der Waals surface area contributed by atoms with E-state index in [0.717, 1.165) is 12.3 Å². The molecule has 0 aliphatic heterocycles. The van der Waals surface area contributed by atoms with Crippen molar-refractivity contribution in [1.82, 2.24) is 0 Å². The lowest BCUT2D eigenvalue weighted by molar-refractivity contribution is 0.414. The molecule has 1 aromatic rings. The summed E-state index contributed by atoms with van der Waals surface area (Å²) in [7, 11) is 0. The largest absolute Gasteiger partial charge is 0.502 e. The van der Waals surface area contributed by atoms with E-state index >= 15 is 0 Å². The zero-order chi connectivity index (χ0) is 9.56. The van der Waals surface area contributed by atoms with E-state index < -0.39 is 11.2 Å². The van der Waals surface area contributed by atoms with Crippen LogP contribution in [-0.2, 0) is 6.54 Å². The normalized spacial score (nSPS) is 8.58. The summed E-state index contributed by atoms with van der Waals surface area (Å²) in [6.45, 7) is 4.16. The molecule has 0 aromatic carbocycles. The van der Waals surface area contributed by atoms with Crippen molar-refractivity contribution in [2.24, 2.45) is 5.73 Å². The summed E-state index contributed by atoms with van der Waals surface area (Å²) < 4.78 is 4.71. The lowest BCUT2D eigenvalue weighted by atomic mass is 10.4. The molecule has 0 saturated carbocycles. The highest BCUT2D eigenvalue weighted by molar-refractivity contribution is 5.15. The molecule has 0 aliphatic rings. The van der Waals surface area contributed by atoms with Crippen molar-refractivity contribution in [2.45, 2.75) is 20.4 Å². The van der Waals surface area contributed by atoms with Crippen LogP contribution in [0.5, 0.6) is 5.75 Å². The summed E-state index contributed by atoms with van der Waals surface area (Å²) >= 11 is 0. The highest BCUT2D eigenvalue weighted by atomic mass is 16.3. The minimum Gasteiger partial charge on any atom is -0.502 e. The van der Waals surface area contributed by atoms with Crippen molar-refractivity contribution in [2.75, 3.05) is 0 Å². The van der Waals surface area contributed by atoms with E-state index in [2.05, 4.69) is 0 Å². The van der Waals surface area contributed by atoms with Crippen LogP contribution in [0, 0.1) is 0 Å². The van der Waals surface area contributed by atoms with E-state index in [4.69, 9.17) is 15.3 Å². The van der Waals surface area contributed by atoms with Gasteiger partial charge in [0.1, 0.15) is 12.0 Å². The maximum Gasteiger partial charge on any atom is 0.226 e. The van der Waals surface area contributed by atoms with Gasteiger partial charge in [-0.05, 0) is 0 Å². The van der Waals surface area contributed by atoms with Crippen molar-refractivity contribution in [1.29, 1.82) is 0 Å². The monoisotopic (exact) mass is 171 g/mol. The third-order valence-corrected chi connectivity index (χ3v) is 1.07. The molecule has 1 aromatic heterocycles. The molecule has 1 heterocycles. The van der Waals surface area contributed by atoms with Gasteiger partial charge in [-0.25, -0.2) is 0 Å². The molecule has 0 fully saturated rings. The molecule has 4 heteroatoms. The third-order valence-electron chi connectivity index (χ3n) is 1.07. The Morgan fingerprint density at radius 2 is 2.17 bits per heavy atom. The van der Waals surface area contributed by atoms with E-state index in [-0.39, 0.29) is 6.54 Å². The first kappa shape index (κ1) is 10.7. The van der Waals surface area contributed by atoms with E-state index in [1.165, 1.54) is 0 Å². The Kier molecular flexibility index (Phi) is 4.79. The van der Waals surface area contributed by atoms with E-state index in [1.54, 1.807) is 0 Å². The highest BCUT2D eigenvalue weighted by Crippen LogP contribution is 2.01. The van der Waals surface area contributed by atoms with E-state index in [0.29, 0.717) is 5.76 Å². The van der Waals surface area contributed by atoms with Crippen LogP contribution >= 0.6 is 0 Å². The molecule has 0 amide bonds. The van der Waals surface area contributed by atoms with Crippen LogP contribution in [0.25, 0.3) is 0 Å². The summed E-state index contributed by atoms with van der Waals surface area (Å²) in [6.07, 6.45) is 0.977. The Morgan fingerprint density at radius 3 is 2.58 bits per heavy atom. The molecule has 0 unspecified atom stereocenters. The van der Waals surface area contributed by atoms with Gasteiger partial charge >= 0.3 is 0 Å². The summed E-state index contributed by atoms with van der Waals surface area (Å²) in [5.41, 5.74) is 4.69. The maximum atomic E-state index is 10.6. The van der Waals surface area contributed by atoms with Crippen molar-refractivity contribution < 1.29 is 9.52 Å². The van der Waals surface area contributed by atoms with Crippen molar-refractivity contribution >= 4 is 0 Å². The summed E-state index contributed by atoms with van der Waals surface area (Å²) in [6, 6.07) is 1.16. The van der Waals surface area contributed by atoms with Gasteiger partial charge in [-0.3, -0.25) is 4.79 Å². The molecular formula is C8H13NO3. The van der Waals surface area contributed by atoms with Gasteiger partial charge in [0.25, 0.3) is 0 Å². The standard InChI is InChI=1S/C6H7NO3.C2H6/c7-2-4-1-5(8)6(9)3-10-4;1-2/h1,3,9H,2,7H2;1-2H3. The van der Waals surface area contributed by atoms with Gasteiger partial charge in [0.05, 0.1) is 6.54 Å². The van der Waals surface area contributed by atoms with Gasteiger partial charge in [0.15, 0.2) is 5.75 Å². The molecule has 0 atom stereocenters. The lowest BCUT2D eigenvalue weighted by Crippen LogP contribution is -2.03. The molecule has 0 radical (unpaired) electrons. The van der Waals surface area contributed by atoms with Crippen LogP contribution in [0.15, 0.2) is 21.5 Å². The van der Waals surface area contributed by atoms with Crippen molar-refractivity contribution in [3.05, 3.63) is 28.3 Å². The Bertz CT molecular complexity index is 280. The first-order valence-electron chi connectivity index (χ1n) is 3.75. The predicted molar refractivity (Wildman–Crippen MR) is 45.9 cm³/mol. The van der Waals surface area contributed by atoms with E-state index in [9.17, 15) is 4.79 Å². The maximum absolute atomic E-state index is 10.6. The number of rotatable bonds is 1. The molecule has 0 saturated heterocycles. The summed E-state index contributed by atoms with van der Waals surface area (Å²) in [5.74, 6) is -0.0278. The number of hydrogen-bond acceptors (Lipinski definition) is 4. The molecule has 0 bridgehead atoms. The van der Waals surface area contributed by atoms with Gasteiger partial charge in [0.2, 0.25) is 5.43 Å². The van der Waals surface area contributed by atoms with Crippen LogP contribution in [0.1, 0.15) is 19.6 Å². The van der Waals surface area contributed by atoms with Crippen molar-refractivity contribution in [3.63, 3.8) is 0 Å². The van der Waals surface area contributed by atoms with Gasteiger partial charge in [0, 0.05) is 6.07 Å². The highest BCUT2D eigenvalue weighted by Gasteiger charge is 1.97. The summed E-state index contributed by atoms with van der Waals surface area (Å²) in [4.78, 5) is 10.6. The van der Waals surface area contributed by atoms with Crippen LogP contribution in [0.2, 0.25) is 0 Å². The molecule has 3 N–H and O–H groups in total. The van der Waals surface area contributed by atoms with Crippen molar-refractivity contribution in [3.8, 4) is 5.75 Å². The predicted octanol–water partition coefficient (Wildman–Crippen LogP) is 0.830. The Labute approximate surface area is 70.6 Å². The average molecular weight is 171 g/mol. The first-order valence-corrected chi connectivity index (χ1v) is 3.75. The molecule has 12 heavy (non-hydrogen) atoms. The van der Waals surface area contributed by atoms with Gasteiger partial charge < -0.3 is 15.3 Å². The second-order valence-electron chi connectivity index (χ2n) is 1.80. The lowest BCUT2D eigenvalue weighted by Gasteiger charge is -1.93. The quantitative estimate of drug-likeness (QED) is 0.656. The van der Waals surface area contributed by atoms with Gasteiger partial charge in [-0.2, -0.15) is 0 Å². The molecule has 68 valence electrons. The zero-order valence-corrected chi connectivity index (χ0v) is 7.20. The minimum atomic E-state index is -0.466. The first-order chi connectivity index (χ1) is 5.74. The molecule has 0 spiro atoms. The van der Waals surface area contributed by atoms with E-state index in [1.807, 2.05) is 13.8 Å². The zero-order valence-electron chi connectivity index (χ0n) is 7.20. The molecule has 1 rings (SSSR count). The Balaban J connectivity index is 0.000000561. The SMILES string of the molecule is CC.NCc1cc(=O)c(O)co1. The second-order valence-corrected chi connectivity index (χ2v) is 1.80. The fourth-order valence-corrected chi connectivity index (χ4v) is 0.551. The molecule has 0 aliphatic carbocycles. The fourth-order valence-electron chi connectivity index (χ4n) is 0.551. The third kappa shape index (κ3) is 2.75. The van der Waals surface area contributed by atoms with Crippen LogP contribution in [0.4, 0.5) is 0 Å². The van der Waals surface area contributed by atoms with Crippen LogP contribution < -0.4 is 11.2 Å². The Hall–Kier alpha value is -1.29. The average Bonchev–Trinajstić information content (AvgIpc) is 2.13. The Morgan fingerprint density at radius 1 is 1.58 bits per heavy atom. The summed E-state index contributed by atoms with van der Waals surface area (Å²) in [5, 5.41) is 8.69. The number of aromatic hydroxyl groups is 1. The topological polar surface area (TPSA) is 76.5 Å². The number of hydrogen-bond donors (Lipinski definition) is 2. The van der Waals surface area contributed by atoms with Gasteiger partial charge in [-0.1, -0.05) is 13.8 Å². The smallest absolute Gasteiger partial charge is 0.226 e. The fraction of sp³-hybridized carbons (Fsp3) is 0.375. The second kappa shape index (κ2) is 5.37. The molecule has 4 nitrogen and oxygen atoms in total. The molecular weight excluding hydrogens is 158 g/mol. The number of nitrogens with two attached hydrogens (primary N) is 1. The minimum absolute atomic E-state index is 0.162. The van der Waals surface area contributed by atoms with Crippen LogP contribution in [-0.4, -0.2) is 5.11 Å². The van der Waals surface area contributed by atoms with Crippen LogP contribution in [0.3, 0.4) is 0 Å². The van der Waals surface area contributed by atoms with Gasteiger partial charge in [-0.15, -0.1) is 0 Å².